The van der Waals surface area contributed by atoms with Crippen LogP contribution < -0.4 is 0 Å². The number of imide groups is 1. The Bertz CT molecular complexity index is 672. The lowest BCUT2D eigenvalue weighted by atomic mass is 9.97. The molecule has 1 aromatic carbocycles. The van der Waals surface area contributed by atoms with Crippen molar-refractivity contribution in [3.8, 4) is 0 Å². The summed E-state index contributed by atoms with van der Waals surface area (Å²) in [6.45, 7) is 2.05. The van der Waals surface area contributed by atoms with Gasteiger partial charge in [0.15, 0.2) is 0 Å². The Morgan fingerprint density at radius 2 is 2.16 bits per heavy atom. The second-order valence-corrected chi connectivity index (χ2v) is 5.26. The van der Waals surface area contributed by atoms with E-state index in [0.717, 1.165) is 16.5 Å². The number of carbonyl (C=O) groups is 2. The molecule has 2 amide bonds. The van der Waals surface area contributed by atoms with Crippen molar-refractivity contribution in [2.75, 3.05) is 7.05 Å². The van der Waals surface area contributed by atoms with E-state index in [1.165, 1.54) is 10.5 Å². The summed E-state index contributed by atoms with van der Waals surface area (Å²) in [6.07, 6.45) is 2.90. The summed E-state index contributed by atoms with van der Waals surface area (Å²) < 4.78 is 0. The number of benzene rings is 1. The average Bonchev–Trinajstić information content (AvgIpc) is 2.88. The minimum Gasteiger partial charge on any atom is -0.361 e. The van der Waals surface area contributed by atoms with Crippen LogP contribution in [0, 0.1) is 12.8 Å². The molecule has 0 saturated carbocycles. The van der Waals surface area contributed by atoms with Gasteiger partial charge in [-0.3, -0.25) is 14.5 Å². The Labute approximate surface area is 111 Å². The van der Waals surface area contributed by atoms with Crippen molar-refractivity contribution in [1.29, 1.82) is 0 Å². The first-order chi connectivity index (χ1) is 9.06. The van der Waals surface area contributed by atoms with Crippen LogP contribution in [0.1, 0.15) is 17.5 Å². The molecule has 4 nitrogen and oxygen atoms in total. The van der Waals surface area contributed by atoms with Gasteiger partial charge in [0.25, 0.3) is 0 Å². The van der Waals surface area contributed by atoms with Crippen molar-refractivity contribution in [1.82, 2.24) is 9.88 Å². The van der Waals surface area contributed by atoms with Crippen LogP contribution in [0.3, 0.4) is 0 Å². The molecule has 2 heterocycles. The number of hydrogen-bond donors (Lipinski definition) is 1. The molecule has 0 aliphatic carbocycles. The van der Waals surface area contributed by atoms with Gasteiger partial charge in [-0.1, -0.05) is 11.6 Å². The zero-order valence-electron chi connectivity index (χ0n) is 11.1. The molecular formula is C15H16N2O2. The number of aromatic amines is 1. The summed E-state index contributed by atoms with van der Waals surface area (Å²) in [5.41, 5.74) is 3.38. The molecule has 4 heteroatoms. The predicted molar refractivity (Wildman–Crippen MR) is 72.6 cm³/mol. The summed E-state index contributed by atoms with van der Waals surface area (Å²) in [5, 5.41) is 1.15. The highest BCUT2D eigenvalue weighted by Gasteiger charge is 2.36. The van der Waals surface area contributed by atoms with E-state index in [-0.39, 0.29) is 17.7 Å². The van der Waals surface area contributed by atoms with Crippen LogP contribution in [0.4, 0.5) is 0 Å². The Morgan fingerprint density at radius 1 is 1.37 bits per heavy atom. The van der Waals surface area contributed by atoms with E-state index in [4.69, 9.17) is 0 Å². The number of H-pyrrole nitrogens is 1. The van der Waals surface area contributed by atoms with Crippen LogP contribution in [0.5, 0.6) is 0 Å². The molecule has 1 atom stereocenters. The van der Waals surface area contributed by atoms with Crippen LogP contribution in [0.25, 0.3) is 10.9 Å². The lowest BCUT2D eigenvalue weighted by molar-refractivity contribution is -0.137. The summed E-state index contributed by atoms with van der Waals surface area (Å²) in [5.74, 6) is -0.352. The number of amides is 2. The highest BCUT2D eigenvalue weighted by atomic mass is 16.2. The topological polar surface area (TPSA) is 53.2 Å². The van der Waals surface area contributed by atoms with Crippen LogP contribution in [-0.4, -0.2) is 28.7 Å². The normalized spacial score (nSPS) is 19.7. The van der Waals surface area contributed by atoms with Crippen molar-refractivity contribution in [3.05, 3.63) is 35.5 Å². The molecule has 98 valence electrons. The molecule has 1 fully saturated rings. The molecule has 0 radical (unpaired) electrons. The largest absolute Gasteiger partial charge is 0.361 e. The standard InChI is InChI=1S/C15H16N2O2/c1-9-3-4-13-12(5-9)11(8-16-13)6-10-7-14(18)17(2)15(10)19/h3-5,8,10,16H,6-7H2,1-2H3/t10-/m0/s1. The van der Waals surface area contributed by atoms with Crippen molar-refractivity contribution < 1.29 is 9.59 Å². The van der Waals surface area contributed by atoms with Crippen molar-refractivity contribution in [2.24, 2.45) is 5.92 Å². The molecule has 0 bridgehead atoms. The van der Waals surface area contributed by atoms with E-state index >= 15 is 0 Å². The summed E-state index contributed by atoms with van der Waals surface area (Å²) in [4.78, 5) is 27.9. The predicted octanol–water partition coefficient (Wildman–Crippen LogP) is 2.02. The Hall–Kier alpha value is -2.10. The average molecular weight is 256 g/mol. The lowest BCUT2D eigenvalue weighted by Crippen LogP contribution is -2.26. The SMILES string of the molecule is Cc1ccc2[nH]cc(C[C@H]3CC(=O)N(C)C3=O)c2c1. The monoisotopic (exact) mass is 256 g/mol. The van der Waals surface area contributed by atoms with Gasteiger partial charge in [-0.25, -0.2) is 0 Å². The molecular weight excluding hydrogens is 240 g/mol. The Balaban J connectivity index is 1.92. The van der Waals surface area contributed by atoms with E-state index in [2.05, 4.69) is 17.1 Å². The molecule has 1 N–H and O–H groups in total. The molecule has 0 spiro atoms. The van der Waals surface area contributed by atoms with Crippen LogP contribution in [0.2, 0.25) is 0 Å². The number of nitrogens with zero attached hydrogens (tertiary/aromatic N) is 1. The van der Waals surface area contributed by atoms with E-state index in [1.54, 1.807) is 7.05 Å². The van der Waals surface area contributed by atoms with Crippen LogP contribution in [-0.2, 0) is 16.0 Å². The second kappa shape index (κ2) is 4.23. The van der Waals surface area contributed by atoms with Crippen molar-refractivity contribution >= 4 is 22.7 Å². The molecule has 1 aliphatic heterocycles. The van der Waals surface area contributed by atoms with Gasteiger partial charge >= 0.3 is 0 Å². The fourth-order valence-electron chi connectivity index (χ4n) is 2.72. The molecule has 2 aromatic rings. The van der Waals surface area contributed by atoms with E-state index < -0.39 is 0 Å². The van der Waals surface area contributed by atoms with Gasteiger partial charge in [-0.15, -0.1) is 0 Å². The van der Waals surface area contributed by atoms with Crippen molar-refractivity contribution in [2.45, 2.75) is 19.8 Å². The highest BCUT2D eigenvalue weighted by molar-refractivity contribution is 6.03. The lowest BCUT2D eigenvalue weighted by Gasteiger charge is -2.08. The molecule has 1 aliphatic rings. The first kappa shape index (κ1) is 12.0. The molecule has 3 rings (SSSR count). The number of fused-ring (bicyclic) bond motifs is 1. The highest BCUT2D eigenvalue weighted by Crippen LogP contribution is 2.27. The van der Waals surface area contributed by atoms with Gasteiger partial charge in [-0.2, -0.15) is 0 Å². The third-order valence-electron chi connectivity index (χ3n) is 3.86. The Morgan fingerprint density at radius 3 is 2.84 bits per heavy atom. The van der Waals surface area contributed by atoms with Gasteiger partial charge in [0.1, 0.15) is 0 Å². The molecule has 1 aromatic heterocycles. The quantitative estimate of drug-likeness (QED) is 0.836. The number of nitrogens with one attached hydrogen (secondary N) is 1. The fourth-order valence-corrected chi connectivity index (χ4v) is 2.72. The van der Waals surface area contributed by atoms with Crippen molar-refractivity contribution in [3.63, 3.8) is 0 Å². The van der Waals surface area contributed by atoms with E-state index in [9.17, 15) is 9.59 Å². The van der Waals surface area contributed by atoms with Crippen LogP contribution in [0.15, 0.2) is 24.4 Å². The van der Waals surface area contributed by atoms with Gasteiger partial charge in [-0.05, 0) is 31.0 Å². The molecule has 1 saturated heterocycles. The molecule has 0 unspecified atom stereocenters. The zero-order chi connectivity index (χ0) is 13.6. The smallest absolute Gasteiger partial charge is 0.232 e. The zero-order valence-corrected chi connectivity index (χ0v) is 11.1. The first-order valence-electron chi connectivity index (χ1n) is 6.43. The van der Waals surface area contributed by atoms with Gasteiger partial charge < -0.3 is 4.98 Å². The second-order valence-electron chi connectivity index (χ2n) is 5.26. The summed E-state index contributed by atoms with van der Waals surface area (Å²) in [6, 6.07) is 6.22. The van der Waals surface area contributed by atoms with Gasteiger partial charge in [0, 0.05) is 30.6 Å². The number of aryl methyl sites for hydroxylation is 1. The van der Waals surface area contributed by atoms with Gasteiger partial charge in [0.2, 0.25) is 11.8 Å². The number of carbonyl (C=O) groups excluding carboxylic acids is 2. The molecule has 19 heavy (non-hydrogen) atoms. The fraction of sp³-hybridized carbons (Fsp3) is 0.333. The minimum absolute atomic E-state index is 0.0630. The van der Waals surface area contributed by atoms with E-state index in [1.807, 2.05) is 19.2 Å². The number of likely N-dealkylation sites (tertiary alicyclic amines) is 1. The number of hydrogen-bond acceptors (Lipinski definition) is 2. The first-order valence-corrected chi connectivity index (χ1v) is 6.43. The maximum atomic E-state index is 11.9. The minimum atomic E-state index is -0.211. The maximum Gasteiger partial charge on any atom is 0.232 e. The third kappa shape index (κ3) is 1.93. The van der Waals surface area contributed by atoms with Gasteiger partial charge in [0.05, 0.1) is 5.92 Å². The summed E-state index contributed by atoms with van der Waals surface area (Å²) >= 11 is 0. The maximum absolute atomic E-state index is 11.9. The summed E-state index contributed by atoms with van der Waals surface area (Å²) in [7, 11) is 1.56. The number of rotatable bonds is 2. The van der Waals surface area contributed by atoms with E-state index in [0.29, 0.717) is 12.8 Å². The Kier molecular flexibility index (Phi) is 2.66. The van der Waals surface area contributed by atoms with Crippen LogP contribution >= 0.6 is 0 Å². The third-order valence-corrected chi connectivity index (χ3v) is 3.86. The number of aromatic nitrogens is 1.